The molecule has 1 aromatic heterocycles. The summed E-state index contributed by atoms with van der Waals surface area (Å²) < 4.78 is 6.58. The summed E-state index contributed by atoms with van der Waals surface area (Å²) in [6.07, 6.45) is 0. The molecule has 3 nitrogen and oxygen atoms in total. The molecule has 3 rings (SSSR count). The minimum Gasteiger partial charge on any atom is -0.465 e. The van der Waals surface area contributed by atoms with Gasteiger partial charge in [0.2, 0.25) is 0 Å². The maximum atomic E-state index is 12.9. The molecule has 130 valence electrons. The fourth-order valence-electron chi connectivity index (χ4n) is 2.81. The van der Waals surface area contributed by atoms with Gasteiger partial charge >= 0.3 is 5.97 Å². The highest BCUT2D eigenvalue weighted by molar-refractivity contribution is 8.02. The number of aromatic nitrogens is 1. The number of carbonyl (C=O) groups is 1. The summed E-state index contributed by atoms with van der Waals surface area (Å²) in [7, 11) is 0. The van der Waals surface area contributed by atoms with Crippen molar-refractivity contribution in [2.45, 2.75) is 36.8 Å². The van der Waals surface area contributed by atoms with Crippen LogP contribution in [0.4, 0.5) is 0 Å². The Bertz CT molecular complexity index is 886. The Labute approximate surface area is 156 Å². The number of para-hydroxylation sites is 1. The zero-order valence-electron chi connectivity index (χ0n) is 14.8. The SMILES string of the molecule is CCOC(=O)C(C)(Sc1nc2ccccc2s1)c1cccc(C)c1C. The quantitative estimate of drug-likeness (QED) is 0.439. The fourth-order valence-corrected chi connectivity index (χ4v) is 5.41. The van der Waals surface area contributed by atoms with Gasteiger partial charge in [0.15, 0.2) is 4.34 Å². The normalized spacial score (nSPS) is 13.6. The molecule has 5 heteroatoms. The van der Waals surface area contributed by atoms with Crippen LogP contribution in [0.25, 0.3) is 10.2 Å². The smallest absolute Gasteiger partial charge is 0.326 e. The summed E-state index contributed by atoms with van der Waals surface area (Å²) in [5, 5.41) is 0. The lowest BCUT2D eigenvalue weighted by Crippen LogP contribution is -2.32. The Kier molecular flexibility index (Phi) is 5.16. The molecule has 0 saturated heterocycles. The van der Waals surface area contributed by atoms with Gasteiger partial charge in [0.05, 0.1) is 16.8 Å². The van der Waals surface area contributed by atoms with Crippen molar-refractivity contribution in [1.82, 2.24) is 4.98 Å². The lowest BCUT2D eigenvalue weighted by atomic mass is 9.93. The van der Waals surface area contributed by atoms with Gasteiger partial charge in [0, 0.05) is 0 Å². The molecule has 0 spiro atoms. The first-order valence-electron chi connectivity index (χ1n) is 8.24. The number of carbonyl (C=O) groups excluding carboxylic acids is 1. The van der Waals surface area contributed by atoms with Gasteiger partial charge in [-0.05, 0) is 56.5 Å². The summed E-state index contributed by atoms with van der Waals surface area (Å²) in [6.45, 7) is 8.25. The molecule has 0 N–H and O–H groups in total. The van der Waals surface area contributed by atoms with Gasteiger partial charge in [-0.15, -0.1) is 11.3 Å². The molecule has 0 aliphatic carbocycles. The number of fused-ring (bicyclic) bond motifs is 1. The number of rotatable bonds is 5. The molecule has 0 radical (unpaired) electrons. The van der Waals surface area contributed by atoms with Crippen LogP contribution in [0.3, 0.4) is 0 Å². The molecule has 3 aromatic rings. The van der Waals surface area contributed by atoms with Crippen LogP contribution in [0.1, 0.15) is 30.5 Å². The van der Waals surface area contributed by atoms with Crippen LogP contribution in [-0.4, -0.2) is 17.6 Å². The van der Waals surface area contributed by atoms with Crippen molar-refractivity contribution < 1.29 is 9.53 Å². The maximum absolute atomic E-state index is 12.9. The molecule has 0 bridgehead atoms. The predicted molar refractivity (Wildman–Crippen MR) is 105 cm³/mol. The lowest BCUT2D eigenvalue weighted by Gasteiger charge is -2.28. The Morgan fingerprint density at radius 1 is 1.20 bits per heavy atom. The van der Waals surface area contributed by atoms with E-state index >= 15 is 0 Å². The second-order valence-corrected chi connectivity index (χ2v) is 8.75. The zero-order valence-corrected chi connectivity index (χ0v) is 16.5. The first-order valence-corrected chi connectivity index (χ1v) is 9.87. The molecule has 0 aliphatic rings. The second kappa shape index (κ2) is 7.18. The van der Waals surface area contributed by atoms with E-state index in [0.717, 1.165) is 31.2 Å². The molecule has 1 atom stereocenters. The Morgan fingerprint density at radius 2 is 1.96 bits per heavy atom. The van der Waals surface area contributed by atoms with Crippen molar-refractivity contribution in [3.05, 3.63) is 59.2 Å². The maximum Gasteiger partial charge on any atom is 0.326 e. The molecule has 0 saturated carbocycles. The highest BCUT2D eigenvalue weighted by Crippen LogP contribution is 2.46. The fraction of sp³-hybridized carbons (Fsp3) is 0.300. The van der Waals surface area contributed by atoms with E-state index in [1.165, 1.54) is 11.8 Å². The third kappa shape index (κ3) is 3.44. The van der Waals surface area contributed by atoms with E-state index in [-0.39, 0.29) is 5.97 Å². The number of benzene rings is 2. The number of ether oxygens (including phenoxy) is 1. The predicted octanol–water partition coefficient (Wildman–Crippen LogP) is 5.48. The van der Waals surface area contributed by atoms with Crippen LogP contribution in [0, 0.1) is 13.8 Å². The molecular weight excluding hydrogens is 350 g/mol. The topological polar surface area (TPSA) is 39.2 Å². The Morgan fingerprint density at radius 3 is 2.68 bits per heavy atom. The third-order valence-corrected chi connectivity index (χ3v) is 6.74. The van der Waals surface area contributed by atoms with Crippen LogP contribution in [0.15, 0.2) is 46.8 Å². The number of hydrogen-bond acceptors (Lipinski definition) is 5. The third-order valence-electron chi connectivity index (χ3n) is 4.35. The van der Waals surface area contributed by atoms with Crippen LogP contribution in [0.2, 0.25) is 0 Å². The van der Waals surface area contributed by atoms with Gasteiger partial charge in [0.1, 0.15) is 4.75 Å². The van der Waals surface area contributed by atoms with Crippen LogP contribution in [0.5, 0.6) is 0 Å². The van der Waals surface area contributed by atoms with E-state index in [0.29, 0.717) is 6.61 Å². The summed E-state index contributed by atoms with van der Waals surface area (Å²) in [5.41, 5.74) is 4.22. The molecule has 0 amide bonds. The van der Waals surface area contributed by atoms with E-state index in [4.69, 9.17) is 9.72 Å². The van der Waals surface area contributed by atoms with Gasteiger partial charge in [0.25, 0.3) is 0 Å². The number of hydrogen-bond donors (Lipinski definition) is 0. The molecular formula is C20H21NO2S2. The average Bonchev–Trinajstić information content (AvgIpc) is 2.99. The number of esters is 1. The molecule has 1 heterocycles. The number of thioether (sulfide) groups is 1. The van der Waals surface area contributed by atoms with Crippen molar-refractivity contribution >= 4 is 39.3 Å². The zero-order chi connectivity index (χ0) is 18.0. The van der Waals surface area contributed by atoms with Gasteiger partial charge in [-0.3, -0.25) is 4.79 Å². The van der Waals surface area contributed by atoms with Crippen LogP contribution in [-0.2, 0) is 14.3 Å². The lowest BCUT2D eigenvalue weighted by molar-refractivity contribution is -0.145. The molecule has 1 unspecified atom stereocenters. The van der Waals surface area contributed by atoms with Gasteiger partial charge in [-0.1, -0.05) is 42.1 Å². The first-order chi connectivity index (χ1) is 12.0. The molecule has 2 aromatic carbocycles. The standard InChI is InChI=1S/C20H21NO2S2/c1-5-23-18(22)20(4,15-10-8-9-13(2)14(15)3)25-19-21-16-11-6-7-12-17(16)24-19/h6-12H,5H2,1-4H3. The van der Waals surface area contributed by atoms with Crippen molar-refractivity contribution in [3.63, 3.8) is 0 Å². The minimum absolute atomic E-state index is 0.229. The van der Waals surface area contributed by atoms with Crippen molar-refractivity contribution in [2.75, 3.05) is 6.61 Å². The van der Waals surface area contributed by atoms with Gasteiger partial charge in [-0.25, -0.2) is 4.98 Å². The highest BCUT2D eigenvalue weighted by atomic mass is 32.2. The molecule has 0 aliphatic heterocycles. The monoisotopic (exact) mass is 371 g/mol. The summed E-state index contributed by atoms with van der Waals surface area (Å²) in [6, 6.07) is 14.1. The summed E-state index contributed by atoms with van der Waals surface area (Å²) in [5.74, 6) is -0.229. The van der Waals surface area contributed by atoms with E-state index in [1.807, 2.05) is 44.2 Å². The van der Waals surface area contributed by atoms with Crippen molar-refractivity contribution in [1.29, 1.82) is 0 Å². The van der Waals surface area contributed by atoms with Crippen molar-refractivity contribution in [2.24, 2.45) is 0 Å². The highest BCUT2D eigenvalue weighted by Gasteiger charge is 2.40. The minimum atomic E-state index is -0.833. The van der Waals surface area contributed by atoms with E-state index in [2.05, 4.69) is 26.0 Å². The Balaban J connectivity index is 2.07. The summed E-state index contributed by atoms with van der Waals surface area (Å²) in [4.78, 5) is 17.6. The van der Waals surface area contributed by atoms with Crippen LogP contribution >= 0.6 is 23.1 Å². The molecule has 0 fully saturated rings. The average molecular weight is 372 g/mol. The van der Waals surface area contributed by atoms with E-state index < -0.39 is 4.75 Å². The first kappa shape index (κ1) is 18.0. The summed E-state index contributed by atoms with van der Waals surface area (Å²) >= 11 is 3.08. The number of nitrogens with zero attached hydrogens (tertiary/aromatic N) is 1. The van der Waals surface area contributed by atoms with Gasteiger partial charge in [-0.2, -0.15) is 0 Å². The second-order valence-electron chi connectivity index (χ2n) is 6.05. The van der Waals surface area contributed by atoms with E-state index in [1.54, 1.807) is 11.3 Å². The van der Waals surface area contributed by atoms with Crippen LogP contribution < -0.4 is 0 Å². The molecule has 25 heavy (non-hydrogen) atoms. The number of aryl methyl sites for hydroxylation is 1. The Hall–Kier alpha value is -1.85. The van der Waals surface area contributed by atoms with E-state index in [9.17, 15) is 4.79 Å². The number of thiazole rings is 1. The largest absolute Gasteiger partial charge is 0.465 e. The van der Waals surface area contributed by atoms with Crippen molar-refractivity contribution in [3.8, 4) is 0 Å². The van der Waals surface area contributed by atoms with Gasteiger partial charge < -0.3 is 4.74 Å².